The van der Waals surface area contributed by atoms with Gasteiger partial charge in [-0.2, -0.15) is 5.10 Å². The van der Waals surface area contributed by atoms with Crippen LogP contribution in [0.25, 0.3) is 0 Å². The minimum atomic E-state index is -2.41. The van der Waals surface area contributed by atoms with Crippen LogP contribution in [0.2, 0.25) is 0 Å². The molecule has 0 aliphatic heterocycles. The van der Waals surface area contributed by atoms with E-state index in [1.807, 2.05) is 6.92 Å². The summed E-state index contributed by atoms with van der Waals surface area (Å²) in [5, 5.41) is 6.74. The van der Waals surface area contributed by atoms with E-state index in [1.54, 1.807) is 0 Å². The third-order valence-corrected chi connectivity index (χ3v) is 1.78. The highest BCUT2D eigenvalue weighted by Crippen LogP contribution is 1.98. The average Bonchev–Trinajstić information content (AvgIpc) is 2.61. The molecule has 0 radical (unpaired) electrons. The smallest absolute Gasteiger partial charge is 0.261 e. The number of hydrogen-bond acceptors (Lipinski definition) is 3. The Kier molecular flexibility index (Phi) is 5.17. The summed E-state index contributed by atoms with van der Waals surface area (Å²) in [7, 11) is 0. The predicted octanol–water partition coefficient (Wildman–Crippen LogP) is 1.58. The Hall–Kier alpha value is -1.04. The average molecular weight is 219 g/mol. The zero-order valence-corrected chi connectivity index (χ0v) is 8.67. The minimum absolute atomic E-state index is 0.230. The van der Waals surface area contributed by atoms with E-state index in [2.05, 4.69) is 15.2 Å². The van der Waals surface area contributed by atoms with Crippen molar-refractivity contribution in [3.8, 4) is 0 Å². The highest BCUT2D eigenvalue weighted by molar-refractivity contribution is 4.90. The van der Waals surface area contributed by atoms with Crippen LogP contribution >= 0.6 is 0 Å². The van der Waals surface area contributed by atoms with E-state index in [-0.39, 0.29) is 6.61 Å². The fourth-order valence-electron chi connectivity index (χ4n) is 1.13. The molecule has 0 aliphatic rings. The molecule has 1 aromatic rings. The molecule has 86 valence electrons. The molecule has 6 heteroatoms. The highest BCUT2D eigenvalue weighted by atomic mass is 19.3. The Morgan fingerprint density at radius 3 is 2.87 bits per heavy atom. The zero-order chi connectivity index (χ0) is 11.1. The lowest BCUT2D eigenvalue weighted by Gasteiger charge is -2.00. The molecule has 0 saturated heterocycles. The van der Waals surface area contributed by atoms with Crippen molar-refractivity contribution in [3.63, 3.8) is 0 Å². The summed E-state index contributed by atoms with van der Waals surface area (Å²) in [6, 6.07) is 0. The highest BCUT2D eigenvalue weighted by Gasteiger charge is 2.04. The molecule has 0 spiro atoms. The molecule has 4 nitrogen and oxygen atoms in total. The zero-order valence-electron chi connectivity index (χ0n) is 8.67. The summed E-state index contributed by atoms with van der Waals surface area (Å²) in [6.07, 6.45) is -0.0956. The monoisotopic (exact) mass is 219 g/mol. The van der Waals surface area contributed by atoms with Crippen molar-refractivity contribution in [3.05, 3.63) is 11.6 Å². The SMILES string of the molecule is CCCc1nc(CCOCC(F)F)n[nH]1. The standard InChI is InChI=1S/C9H15F2N3O/c1-2-3-8-12-9(14-13-8)4-5-15-6-7(10)11/h7H,2-6H2,1H3,(H,12,13,14). The molecule has 1 rings (SSSR count). The minimum Gasteiger partial charge on any atom is -0.375 e. The van der Waals surface area contributed by atoms with E-state index >= 15 is 0 Å². The molecule has 0 bridgehead atoms. The molecule has 0 saturated carbocycles. The van der Waals surface area contributed by atoms with E-state index in [1.165, 1.54) is 0 Å². The first kappa shape index (κ1) is 12.0. The molecular weight excluding hydrogens is 204 g/mol. The first-order chi connectivity index (χ1) is 7.22. The number of hydrogen-bond donors (Lipinski definition) is 1. The molecule has 0 fully saturated rings. The van der Waals surface area contributed by atoms with Crippen LogP contribution < -0.4 is 0 Å². The molecule has 0 atom stereocenters. The summed E-state index contributed by atoms with van der Waals surface area (Å²) in [5.41, 5.74) is 0. The van der Waals surface area contributed by atoms with E-state index in [9.17, 15) is 8.78 Å². The van der Waals surface area contributed by atoms with Crippen LogP contribution in [-0.4, -0.2) is 34.8 Å². The van der Waals surface area contributed by atoms with Gasteiger partial charge in [0.1, 0.15) is 12.4 Å². The van der Waals surface area contributed by atoms with Gasteiger partial charge in [0.15, 0.2) is 5.82 Å². The topological polar surface area (TPSA) is 50.8 Å². The van der Waals surface area contributed by atoms with Gasteiger partial charge in [-0.05, 0) is 6.42 Å². The Morgan fingerprint density at radius 1 is 1.40 bits per heavy atom. The number of halogens is 2. The maximum Gasteiger partial charge on any atom is 0.261 e. The Labute approximate surface area is 87.0 Å². The second-order valence-corrected chi connectivity index (χ2v) is 3.16. The summed E-state index contributed by atoms with van der Waals surface area (Å²) < 4.78 is 28.1. The van der Waals surface area contributed by atoms with Crippen molar-refractivity contribution < 1.29 is 13.5 Å². The van der Waals surface area contributed by atoms with Gasteiger partial charge in [0.2, 0.25) is 0 Å². The third kappa shape index (κ3) is 4.83. The second kappa shape index (κ2) is 6.44. The first-order valence-corrected chi connectivity index (χ1v) is 4.98. The largest absolute Gasteiger partial charge is 0.375 e. The molecule has 0 aliphatic carbocycles. The first-order valence-electron chi connectivity index (χ1n) is 4.98. The normalized spacial score (nSPS) is 11.2. The number of ether oxygens (including phenoxy) is 1. The number of aromatic nitrogens is 3. The van der Waals surface area contributed by atoms with Gasteiger partial charge in [-0.25, -0.2) is 13.8 Å². The van der Waals surface area contributed by atoms with Gasteiger partial charge in [-0.15, -0.1) is 0 Å². The number of alkyl halides is 2. The van der Waals surface area contributed by atoms with E-state index < -0.39 is 13.0 Å². The molecule has 1 N–H and O–H groups in total. The summed E-state index contributed by atoms with van der Waals surface area (Å²) in [6.45, 7) is 1.76. The fraction of sp³-hybridized carbons (Fsp3) is 0.778. The summed E-state index contributed by atoms with van der Waals surface area (Å²) >= 11 is 0. The molecular formula is C9H15F2N3O. The second-order valence-electron chi connectivity index (χ2n) is 3.16. The van der Waals surface area contributed by atoms with Gasteiger partial charge >= 0.3 is 0 Å². The van der Waals surface area contributed by atoms with Crippen molar-refractivity contribution in [2.75, 3.05) is 13.2 Å². The fourth-order valence-corrected chi connectivity index (χ4v) is 1.13. The van der Waals surface area contributed by atoms with Crippen LogP contribution in [0.1, 0.15) is 25.0 Å². The molecule has 0 aromatic carbocycles. The summed E-state index contributed by atoms with van der Waals surface area (Å²) in [4.78, 5) is 4.18. The maximum absolute atomic E-state index is 11.7. The molecule has 0 unspecified atom stereocenters. The van der Waals surface area contributed by atoms with Crippen molar-refractivity contribution in [1.29, 1.82) is 0 Å². The van der Waals surface area contributed by atoms with Gasteiger partial charge in [0.05, 0.1) is 6.61 Å². The van der Waals surface area contributed by atoms with Gasteiger partial charge < -0.3 is 4.74 Å². The Balaban J connectivity index is 2.19. The Bertz CT molecular complexity index is 278. The molecule has 15 heavy (non-hydrogen) atoms. The van der Waals surface area contributed by atoms with Crippen LogP contribution in [0.5, 0.6) is 0 Å². The van der Waals surface area contributed by atoms with E-state index in [4.69, 9.17) is 4.74 Å². The lowest BCUT2D eigenvalue weighted by molar-refractivity contribution is 0.0183. The number of nitrogens with zero attached hydrogens (tertiary/aromatic N) is 2. The Morgan fingerprint density at radius 2 is 2.20 bits per heavy atom. The lowest BCUT2D eigenvalue weighted by Crippen LogP contribution is -2.07. The molecule has 1 heterocycles. The van der Waals surface area contributed by atoms with Crippen molar-refractivity contribution in [2.45, 2.75) is 32.6 Å². The van der Waals surface area contributed by atoms with Gasteiger partial charge in [-0.3, -0.25) is 5.10 Å². The third-order valence-electron chi connectivity index (χ3n) is 1.78. The molecule has 0 amide bonds. The van der Waals surface area contributed by atoms with Crippen molar-refractivity contribution in [2.24, 2.45) is 0 Å². The number of aryl methyl sites for hydroxylation is 1. The summed E-state index contributed by atoms with van der Waals surface area (Å²) in [5.74, 6) is 1.45. The van der Waals surface area contributed by atoms with Crippen LogP contribution in [-0.2, 0) is 17.6 Å². The van der Waals surface area contributed by atoms with Gasteiger partial charge in [-0.1, -0.05) is 6.92 Å². The van der Waals surface area contributed by atoms with E-state index in [0.717, 1.165) is 18.7 Å². The maximum atomic E-state index is 11.7. The van der Waals surface area contributed by atoms with Crippen LogP contribution in [0.15, 0.2) is 0 Å². The quantitative estimate of drug-likeness (QED) is 0.708. The number of aromatic amines is 1. The van der Waals surface area contributed by atoms with Crippen molar-refractivity contribution in [1.82, 2.24) is 15.2 Å². The number of H-pyrrole nitrogens is 1. The number of rotatable bonds is 7. The predicted molar refractivity (Wildman–Crippen MR) is 50.9 cm³/mol. The van der Waals surface area contributed by atoms with Crippen LogP contribution in [0.4, 0.5) is 8.78 Å². The van der Waals surface area contributed by atoms with Gasteiger partial charge in [0.25, 0.3) is 6.43 Å². The lowest BCUT2D eigenvalue weighted by atomic mass is 10.3. The van der Waals surface area contributed by atoms with Crippen LogP contribution in [0.3, 0.4) is 0 Å². The van der Waals surface area contributed by atoms with Crippen molar-refractivity contribution >= 4 is 0 Å². The van der Waals surface area contributed by atoms with E-state index in [0.29, 0.717) is 12.2 Å². The molecule has 1 aromatic heterocycles. The number of nitrogens with one attached hydrogen (secondary N) is 1. The van der Waals surface area contributed by atoms with Gasteiger partial charge in [0, 0.05) is 12.8 Å². The van der Waals surface area contributed by atoms with Crippen LogP contribution in [0, 0.1) is 0 Å².